The number of hydrogen-bond donors (Lipinski definition) is 1. The second-order valence-electron chi connectivity index (χ2n) is 8.65. The summed E-state index contributed by atoms with van der Waals surface area (Å²) in [5.74, 6) is -0.981. The predicted octanol–water partition coefficient (Wildman–Crippen LogP) is 3.80. The van der Waals surface area contributed by atoms with Gasteiger partial charge in [0.25, 0.3) is 5.66 Å². The van der Waals surface area contributed by atoms with E-state index in [2.05, 4.69) is 9.98 Å². The van der Waals surface area contributed by atoms with E-state index < -0.39 is 17.0 Å². The molecule has 0 aromatic carbocycles. The second-order valence-corrected chi connectivity index (χ2v) is 8.65. The SMILES string of the molecule is CC(C)(C)C1=NC(C(=O)O)(C(C)(C)C)N=C1C(C)(C)C. The molecule has 0 bridgehead atoms. The number of nitrogens with zero attached hydrogens (tertiary/aromatic N) is 2. The molecule has 114 valence electrons. The van der Waals surface area contributed by atoms with Crippen molar-refractivity contribution in [3.05, 3.63) is 0 Å². The van der Waals surface area contributed by atoms with Crippen molar-refractivity contribution in [3.63, 3.8) is 0 Å². The van der Waals surface area contributed by atoms with Crippen LogP contribution in [0.2, 0.25) is 0 Å². The van der Waals surface area contributed by atoms with Crippen LogP contribution in [0.1, 0.15) is 62.3 Å². The highest BCUT2D eigenvalue weighted by Gasteiger charge is 2.55. The molecule has 0 unspecified atom stereocenters. The Hall–Kier alpha value is -1.19. The van der Waals surface area contributed by atoms with Crippen LogP contribution in [0, 0.1) is 16.2 Å². The summed E-state index contributed by atoms with van der Waals surface area (Å²) in [5, 5.41) is 9.75. The molecule has 1 aliphatic heterocycles. The predicted molar refractivity (Wildman–Crippen MR) is 83.6 cm³/mol. The van der Waals surface area contributed by atoms with Gasteiger partial charge < -0.3 is 5.11 Å². The average molecular weight is 280 g/mol. The van der Waals surface area contributed by atoms with Crippen molar-refractivity contribution in [2.45, 2.75) is 68.0 Å². The van der Waals surface area contributed by atoms with Gasteiger partial charge in [-0.3, -0.25) is 0 Å². The Morgan fingerprint density at radius 2 is 1.15 bits per heavy atom. The van der Waals surface area contributed by atoms with Crippen molar-refractivity contribution in [1.82, 2.24) is 0 Å². The number of carboxylic acid groups (broad SMARTS) is 1. The van der Waals surface area contributed by atoms with Crippen LogP contribution in [-0.4, -0.2) is 28.2 Å². The van der Waals surface area contributed by atoms with Crippen molar-refractivity contribution in [1.29, 1.82) is 0 Å². The van der Waals surface area contributed by atoms with Gasteiger partial charge in [0.05, 0.1) is 11.4 Å². The van der Waals surface area contributed by atoms with Crippen LogP contribution in [0.25, 0.3) is 0 Å². The Labute approximate surface area is 122 Å². The van der Waals surface area contributed by atoms with Crippen molar-refractivity contribution >= 4 is 17.4 Å². The number of aliphatic imine (C=N–C) groups is 2. The molecule has 0 saturated carbocycles. The van der Waals surface area contributed by atoms with Crippen LogP contribution in [0.5, 0.6) is 0 Å². The Balaban J connectivity index is 3.66. The van der Waals surface area contributed by atoms with Gasteiger partial charge in [-0.1, -0.05) is 62.3 Å². The highest BCUT2D eigenvalue weighted by molar-refractivity contribution is 6.47. The van der Waals surface area contributed by atoms with Crippen molar-refractivity contribution < 1.29 is 9.90 Å². The molecule has 0 aromatic rings. The Morgan fingerprint density at radius 1 is 0.850 bits per heavy atom. The molecule has 0 spiro atoms. The summed E-state index contributed by atoms with van der Waals surface area (Å²) in [6.45, 7) is 17.9. The molecule has 1 rings (SSSR count). The highest BCUT2D eigenvalue weighted by atomic mass is 16.4. The Kier molecular flexibility index (Phi) is 3.71. The molecule has 0 saturated heterocycles. The summed E-state index contributed by atoms with van der Waals surface area (Å²) in [6, 6.07) is 0. The van der Waals surface area contributed by atoms with Gasteiger partial charge in [0.1, 0.15) is 0 Å². The highest BCUT2D eigenvalue weighted by Crippen LogP contribution is 2.43. The van der Waals surface area contributed by atoms with Crippen LogP contribution < -0.4 is 0 Å². The quantitative estimate of drug-likeness (QED) is 0.794. The van der Waals surface area contributed by atoms with E-state index in [1.54, 1.807) is 0 Å². The van der Waals surface area contributed by atoms with Crippen molar-refractivity contribution in [2.24, 2.45) is 26.2 Å². The monoisotopic (exact) mass is 280 g/mol. The summed E-state index contributed by atoms with van der Waals surface area (Å²) >= 11 is 0. The number of hydrogen-bond acceptors (Lipinski definition) is 3. The topological polar surface area (TPSA) is 62.0 Å². The lowest BCUT2D eigenvalue weighted by Crippen LogP contribution is -2.46. The van der Waals surface area contributed by atoms with E-state index in [1.807, 2.05) is 62.3 Å². The van der Waals surface area contributed by atoms with E-state index in [-0.39, 0.29) is 10.8 Å². The van der Waals surface area contributed by atoms with E-state index in [0.717, 1.165) is 11.4 Å². The fourth-order valence-corrected chi connectivity index (χ4v) is 2.25. The van der Waals surface area contributed by atoms with Crippen molar-refractivity contribution in [2.75, 3.05) is 0 Å². The number of carboxylic acids is 1. The Morgan fingerprint density at radius 3 is 1.30 bits per heavy atom. The molecule has 4 heteroatoms. The summed E-state index contributed by atoms with van der Waals surface area (Å²) in [6.07, 6.45) is 0. The first-order valence-corrected chi connectivity index (χ1v) is 7.07. The standard InChI is InChI=1S/C16H28N2O2/c1-13(2,3)10-11(14(4,5)6)18-16(17-10,12(19)20)15(7,8)9/h1-9H3,(H,19,20). The maximum absolute atomic E-state index is 11.9. The first-order valence-electron chi connectivity index (χ1n) is 7.07. The largest absolute Gasteiger partial charge is 0.478 e. The van der Waals surface area contributed by atoms with Crippen LogP contribution in [0.4, 0.5) is 0 Å². The van der Waals surface area contributed by atoms with Crippen LogP contribution >= 0.6 is 0 Å². The van der Waals surface area contributed by atoms with Gasteiger partial charge in [-0.05, 0) is 0 Å². The van der Waals surface area contributed by atoms with Gasteiger partial charge in [0.15, 0.2) is 0 Å². The molecule has 0 aliphatic carbocycles. The minimum Gasteiger partial charge on any atom is -0.478 e. The molecule has 1 heterocycles. The summed E-state index contributed by atoms with van der Waals surface area (Å²) in [4.78, 5) is 21.1. The zero-order valence-electron chi connectivity index (χ0n) is 14.2. The first kappa shape index (κ1) is 16.9. The maximum atomic E-state index is 11.9. The van der Waals surface area contributed by atoms with Gasteiger partial charge in [0, 0.05) is 16.2 Å². The lowest BCUT2D eigenvalue weighted by Gasteiger charge is -2.32. The summed E-state index contributed by atoms with van der Waals surface area (Å²) in [7, 11) is 0. The normalized spacial score (nSPS) is 19.6. The lowest BCUT2D eigenvalue weighted by molar-refractivity contribution is -0.146. The van der Waals surface area contributed by atoms with E-state index in [1.165, 1.54) is 0 Å². The summed E-state index contributed by atoms with van der Waals surface area (Å²) < 4.78 is 0. The third-order valence-electron chi connectivity index (χ3n) is 3.54. The number of carbonyl (C=O) groups is 1. The smallest absolute Gasteiger partial charge is 0.354 e. The van der Waals surface area contributed by atoms with E-state index in [9.17, 15) is 9.90 Å². The number of rotatable bonds is 1. The van der Waals surface area contributed by atoms with Crippen LogP contribution in [0.15, 0.2) is 9.98 Å². The van der Waals surface area contributed by atoms with Crippen LogP contribution in [-0.2, 0) is 4.79 Å². The van der Waals surface area contributed by atoms with Gasteiger partial charge in [-0.25, -0.2) is 14.8 Å². The molecule has 0 atom stereocenters. The lowest BCUT2D eigenvalue weighted by atomic mass is 9.78. The van der Waals surface area contributed by atoms with E-state index in [4.69, 9.17) is 0 Å². The van der Waals surface area contributed by atoms with Gasteiger partial charge in [-0.2, -0.15) is 0 Å². The van der Waals surface area contributed by atoms with E-state index >= 15 is 0 Å². The average Bonchev–Trinajstić information content (AvgIpc) is 2.55. The zero-order valence-corrected chi connectivity index (χ0v) is 14.2. The molecule has 0 radical (unpaired) electrons. The first-order chi connectivity index (χ1) is 8.63. The van der Waals surface area contributed by atoms with Crippen LogP contribution in [0.3, 0.4) is 0 Å². The molecular formula is C16H28N2O2. The number of aliphatic carboxylic acids is 1. The molecule has 0 amide bonds. The fraction of sp³-hybridized carbons (Fsp3) is 0.812. The third-order valence-corrected chi connectivity index (χ3v) is 3.54. The molecule has 4 nitrogen and oxygen atoms in total. The van der Waals surface area contributed by atoms with Gasteiger partial charge >= 0.3 is 5.97 Å². The molecule has 1 aliphatic rings. The van der Waals surface area contributed by atoms with E-state index in [0.29, 0.717) is 0 Å². The molecular weight excluding hydrogens is 252 g/mol. The van der Waals surface area contributed by atoms with Gasteiger partial charge in [0.2, 0.25) is 0 Å². The van der Waals surface area contributed by atoms with Crippen molar-refractivity contribution in [3.8, 4) is 0 Å². The second kappa shape index (κ2) is 4.40. The third kappa shape index (κ3) is 2.65. The minimum atomic E-state index is -1.42. The maximum Gasteiger partial charge on any atom is 0.354 e. The summed E-state index contributed by atoms with van der Waals surface area (Å²) in [5.41, 5.74) is -0.839. The Bertz CT molecular complexity index is 450. The molecule has 0 fully saturated rings. The molecule has 20 heavy (non-hydrogen) atoms. The molecule has 1 N–H and O–H groups in total. The molecule has 0 aromatic heterocycles. The minimum absolute atomic E-state index is 0.228. The van der Waals surface area contributed by atoms with Gasteiger partial charge in [-0.15, -0.1) is 0 Å². The zero-order chi connectivity index (χ0) is 16.1. The fourth-order valence-electron chi connectivity index (χ4n) is 2.25.